The van der Waals surface area contributed by atoms with E-state index in [4.69, 9.17) is 0 Å². The monoisotopic (exact) mass is 232 g/mol. The topological polar surface area (TPSA) is 50.2 Å². The van der Waals surface area contributed by atoms with Crippen molar-refractivity contribution in [3.8, 4) is 0 Å². The van der Waals surface area contributed by atoms with Crippen LogP contribution in [-0.2, 0) is 0 Å². The number of rotatable bonds is 3. The van der Waals surface area contributed by atoms with Crippen LogP contribution in [0.2, 0.25) is 0 Å². The summed E-state index contributed by atoms with van der Waals surface area (Å²) in [6, 6.07) is 5.75. The molecule has 0 fully saturated rings. The Labute approximate surface area is 98.1 Å². The lowest BCUT2D eigenvalue weighted by Gasteiger charge is -1.99. The maximum absolute atomic E-state index is 4.26. The number of hydrazone groups is 1. The van der Waals surface area contributed by atoms with Gasteiger partial charge in [0.1, 0.15) is 0 Å². The number of nitrogens with zero attached hydrogens (tertiary/aromatic N) is 3. The van der Waals surface area contributed by atoms with Gasteiger partial charge in [0.25, 0.3) is 0 Å². The second-order valence-corrected chi connectivity index (χ2v) is 4.18. The first-order chi connectivity index (χ1) is 7.75. The molecule has 0 amide bonds. The predicted molar refractivity (Wildman–Crippen MR) is 66.9 cm³/mol. The summed E-state index contributed by atoms with van der Waals surface area (Å²) in [5.74, 6) is 0. The van der Waals surface area contributed by atoms with E-state index in [1.165, 1.54) is 11.3 Å². The quantitative estimate of drug-likeness (QED) is 0.654. The minimum Gasteiger partial charge on any atom is -0.255 e. The Bertz CT molecular complexity index is 490. The highest BCUT2D eigenvalue weighted by Crippen LogP contribution is 2.14. The summed E-state index contributed by atoms with van der Waals surface area (Å²) in [6.45, 7) is 3.87. The van der Waals surface area contributed by atoms with E-state index < -0.39 is 0 Å². The van der Waals surface area contributed by atoms with Gasteiger partial charge in [0, 0.05) is 11.6 Å². The molecule has 0 saturated heterocycles. The van der Waals surface area contributed by atoms with Gasteiger partial charge in [0.15, 0.2) is 0 Å². The van der Waals surface area contributed by atoms with Gasteiger partial charge in [0.05, 0.1) is 17.1 Å². The third kappa shape index (κ3) is 2.64. The van der Waals surface area contributed by atoms with Crippen LogP contribution in [-0.4, -0.2) is 15.7 Å². The first-order valence-electron chi connectivity index (χ1n) is 4.89. The fourth-order valence-electron chi connectivity index (χ4n) is 1.17. The van der Waals surface area contributed by atoms with E-state index in [1.807, 2.05) is 37.4 Å². The van der Waals surface area contributed by atoms with Gasteiger partial charge in [-0.3, -0.25) is 10.4 Å². The molecule has 2 aromatic rings. The van der Waals surface area contributed by atoms with Crippen LogP contribution in [0.15, 0.2) is 34.9 Å². The molecule has 16 heavy (non-hydrogen) atoms. The number of pyridine rings is 1. The second-order valence-electron chi connectivity index (χ2n) is 3.32. The van der Waals surface area contributed by atoms with Crippen molar-refractivity contribution in [2.24, 2.45) is 5.10 Å². The fourth-order valence-corrected chi connectivity index (χ4v) is 1.80. The van der Waals surface area contributed by atoms with Crippen LogP contribution in [0.3, 0.4) is 0 Å². The number of aryl methyl sites for hydroxylation is 1. The molecule has 0 bridgehead atoms. The summed E-state index contributed by atoms with van der Waals surface area (Å²) >= 11 is 1.54. The van der Waals surface area contributed by atoms with Gasteiger partial charge in [-0.2, -0.15) is 5.10 Å². The normalized spacial score (nSPS) is 11.5. The van der Waals surface area contributed by atoms with Crippen molar-refractivity contribution in [2.45, 2.75) is 13.8 Å². The molecule has 0 aliphatic carbocycles. The molecule has 0 aromatic carbocycles. The van der Waals surface area contributed by atoms with Gasteiger partial charge in [-0.1, -0.05) is 6.07 Å². The molecule has 0 unspecified atom stereocenters. The Balaban J connectivity index is 2.08. The lowest BCUT2D eigenvalue weighted by Crippen LogP contribution is -2.01. The summed E-state index contributed by atoms with van der Waals surface area (Å²) in [7, 11) is 0. The van der Waals surface area contributed by atoms with Crippen molar-refractivity contribution in [3.05, 3.63) is 41.2 Å². The van der Waals surface area contributed by atoms with Crippen LogP contribution >= 0.6 is 11.3 Å². The Kier molecular flexibility index (Phi) is 3.26. The fraction of sp³-hybridized carbons (Fsp3) is 0.182. The summed E-state index contributed by atoms with van der Waals surface area (Å²) in [5, 5.41) is 7.01. The molecule has 2 aromatic heterocycles. The molecule has 2 heterocycles. The van der Waals surface area contributed by atoms with Crippen LogP contribution in [0.5, 0.6) is 0 Å². The van der Waals surface area contributed by atoms with E-state index >= 15 is 0 Å². The number of aromatic nitrogens is 2. The van der Waals surface area contributed by atoms with Gasteiger partial charge >= 0.3 is 0 Å². The van der Waals surface area contributed by atoms with Crippen LogP contribution in [0, 0.1) is 6.92 Å². The molecule has 2 rings (SSSR count). The average Bonchev–Trinajstić information content (AvgIpc) is 2.73. The first-order valence-corrected chi connectivity index (χ1v) is 5.77. The Morgan fingerprint density at radius 2 is 2.31 bits per heavy atom. The van der Waals surface area contributed by atoms with Crippen molar-refractivity contribution >= 4 is 22.2 Å². The van der Waals surface area contributed by atoms with Crippen molar-refractivity contribution in [3.63, 3.8) is 0 Å². The molecule has 0 aliphatic rings. The van der Waals surface area contributed by atoms with E-state index in [1.54, 1.807) is 6.20 Å². The van der Waals surface area contributed by atoms with Crippen LogP contribution in [0.25, 0.3) is 0 Å². The molecule has 0 saturated carbocycles. The molecule has 5 heteroatoms. The third-order valence-electron chi connectivity index (χ3n) is 1.97. The van der Waals surface area contributed by atoms with Crippen LogP contribution < -0.4 is 5.43 Å². The molecular weight excluding hydrogens is 220 g/mol. The van der Waals surface area contributed by atoms with Crippen LogP contribution in [0.1, 0.15) is 18.3 Å². The molecule has 4 nitrogen and oxygen atoms in total. The number of thiazole rings is 1. The summed E-state index contributed by atoms with van der Waals surface area (Å²) in [6.07, 6.45) is 1.75. The predicted octanol–water partition coefficient (Wildman–Crippen LogP) is 2.68. The summed E-state index contributed by atoms with van der Waals surface area (Å²) < 4.78 is 0. The number of nitrogens with one attached hydrogen (secondary N) is 1. The van der Waals surface area contributed by atoms with Gasteiger partial charge in [-0.15, -0.1) is 11.3 Å². The molecule has 1 N–H and O–H groups in total. The number of hydrogen-bond donors (Lipinski definition) is 1. The molecular formula is C11H12N4S. The van der Waals surface area contributed by atoms with E-state index in [0.29, 0.717) is 0 Å². The standard InChI is InChI=1S/C11H12N4S/c1-8-7-16-11(13-8)15-14-9(2)10-5-3-4-6-12-10/h3-7H,1-2H3,(H,13,15)/b14-9-. The average molecular weight is 232 g/mol. The lowest BCUT2D eigenvalue weighted by atomic mass is 10.3. The SMILES string of the molecule is C/C(=N/Nc1nc(C)cs1)c1ccccn1. The first kappa shape index (κ1) is 10.8. The van der Waals surface area contributed by atoms with Crippen LogP contribution in [0.4, 0.5) is 5.13 Å². The van der Waals surface area contributed by atoms with E-state index in [9.17, 15) is 0 Å². The van der Waals surface area contributed by atoms with Gasteiger partial charge in [-0.05, 0) is 26.0 Å². The Morgan fingerprint density at radius 3 is 2.94 bits per heavy atom. The van der Waals surface area contributed by atoms with Gasteiger partial charge in [-0.25, -0.2) is 4.98 Å². The maximum atomic E-state index is 4.26. The van der Waals surface area contributed by atoms with Gasteiger partial charge < -0.3 is 0 Å². The smallest absolute Gasteiger partial charge is 0.203 e. The zero-order chi connectivity index (χ0) is 11.4. The van der Waals surface area contributed by atoms with Crippen molar-refractivity contribution in [1.29, 1.82) is 0 Å². The minimum absolute atomic E-state index is 0.799. The highest BCUT2D eigenvalue weighted by molar-refractivity contribution is 7.13. The van der Waals surface area contributed by atoms with Crippen molar-refractivity contribution in [2.75, 3.05) is 5.43 Å². The zero-order valence-electron chi connectivity index (χ0n) is 9.14. The number of hydrogen-bond acceptors (Lipinski definition) is 5. The van der Waals surface area contributed by atoms with E-state index in [-0.39, 0.29) is 0 Å². The van der Waals surface area contributed by atoms with Crippen molar-refractivity contribution < 1.29 is 0 Å². The molecule has 0 spiro atoms. The molecule has 0 radical (unpaired) electrons. The van der Waals surface area contributed by atoms with Gasteiger partial charge in [0.2, 0.25) is 5.13 Å². The molecule has 0 atom stereocenters. The van der Waals surface area contributed by atoms with Crippen molar-refractivity contribution in [1.82, 2.24) is 9.97 Å². The minimum atomic E-state index is 0.799. The molecule has 82 valence electrons. The third-order valence-corrected chi connectivity index (χ3v) is 2.84. The highest BCUT2D eigenvalue weighted by Gasteiger charge is 1.99. The van der Waals surface area contributed by atoms with E-state index in [2.05, 4.69) is 20.5 Å². The second kappa shape index (κ2) is 4.85. The number of anilines is 1. The molecule has 0 aliphatic heterocycles. The summed E-state index contributed by atoms with van der Waals surface area (Å²) in [4.78, 5) is 8.46. The largest absolute Gasteiger partial charge is 0.255 e. The maximum Gasteiger partial charge on any atom is 0.203 e. The van der Waals surface area contributed by atoms with E-state index in [0.717, 1.165) is 22.2 Å². The highest BCUT2D eigenvalue weighted by atomic mass is 32.1. The summed E-state index contributed by atoms with van der Waals surface area (Å²) in [5.41, 5.74) is 5.62. The Morgan fingerprint density at radius 1 is 1.44 bits per heavy atom. The lowest BCUT2D eigenvalue weighted by molar-refractivity contribution is 1.20. The Hall–Kier alpha value is -1.75. The zero-order valence-corrected chi connectivity index (χ0v) is 9.95.